The van der Waals surface area contributed by atoms with Crippen LogP contribution in [0.4, 0.5) is 39.5 Å². The van der Waals surface area contributed by atoms with E-state index in [0.29, 0.717) is 0 Å². The highest BCUT2D eigenvalue weighted by Crippen LogP contribution is 2.54. The van der Waals surface area contributed by atoms with E-state index < -0.39 is 41.9 Å². The molecule has 0 spiro atoms. The average molecular weight is 384 g/mol. The minimum atomic E-state index is -6.91. The van der Waals surface area contributed by atoms with E-state index in [2.05, 4.69) is 12.6 Å². The molecule has 0 N–H and O–H groups in total. The minimum Gasteiger partial charge on any atom is -0.282 e. The van der Waals surface area contributed by atoms with Crippen LogP contribution in [0.3, 0.4) is 0 Å². The van der Waals surface area contributed by atoms with Crippen molar-refractivity contribution >= 4 is 17.7 Å². The Bertz CT molecular complexity index is 610. The van der Waals surface area contributed by atoms with E-state index in [1.165, 1.54) is 12.1 Å². The van der Waals surface area contributed by atoms with Crippen LogP contribution < -0.4 is 0 Å². The van der Waals surface area contributed by atoms with Gasteiger partial charge in [-0.15, -0.1) is 12.6 Å². The number of rotatable bonds is 6. The highest BCUT2D eigenvalue weighted by atomic mass is 32.1. The Morgan fingerprint density at radius 1 is 0.875 bits per heavy atom. The average Bonchev–Trinajstić information content (AvgIpc) is 2.43. The van der Waals surface area contributed by atoms with Crippen molar-refractivity contribution in [1.29, 1.82) is 0 Å². The van der Waals surface area contributed by atoms with E-state index in [0.717, 1.165) is 12.1 Å². The summed E-state index contributed by atoms with van der Waals surface area (Å²) in [6, 6.07) is 4.73. The largest absolute Gasteiger partial charge is 0.460 e. The molecule has 0 aliphatic rings. The van der Waals surface area contributed by atoms with Crippen LogP contribution in [0.2, 0.25) is 0 Å². The standard InChI is InChI=1S/C13H9F9OS/c14-10(15,11(16,17)12(18,19)13(20,21)22)6-5-7-3-1-2-4-8(7)9(23)24/h1-4H,5-6H2,(H,23,24). The summed E-state index contributed by atoms with van der Waals surface area (Å²) in [7, 11) is 0. The fraction of sp³-hybridized carbons (Fsp3) is 0.462. The van der Waals surface area contributed by atoms with E-state index in [-0.39, 0.29) is 11.1 Å². The van der Waals surface area contributed by atoms with Gasteiger partial charge in [0.05, 0.1) is 0 Å². The molecule has 0 fully saturated rings. The molecule has 1 aromatic carbocycles. The molecule has 0 radical (unpaired) electrons. The number of hydrogen-bond donors (Lipinski definition) is 1. The molecule has 0 saturated carbocycles. The summed E-state index contributed by atoms with van der Waals surface area (Å²) in [6.07, 6.45) is -9.90. The van der Waals surface area contributed by atoms with E-state index >= 15 is 0 Å². The molecule has 11 heteroatoms. The molecular weight excluding hydrogens is 375 g/mol. The Morgan fingerprint density at radius 3 is 1.83 bits per heavy atom. The van der Waals surface area contributed by atoms with Crippen LogP contribution in [-0.2, 0) is 6.42 Å². The molecule has 0 aliphatic carbocycles. The van der Waals surface area contributed by atoms with E-state index in [9.17, 15) is 44.3 Å². The molecule has 0 aromatic heterocycles. The van der Waals surface area contributed by atoms with Crippen molar-refractivity contribution in [3.8, 4) is 0 Å². The second-order valence-corrected chi connectivity index (χ2v) is 5.22. The fourth-order valence-corrected chi connectivity index (χ4v) is 2.02. The number of carbonyl (C=O) groups is 1. The number of hydrogen-bond acceptors (Lipinski definition) is 1. The van der Waals surface area contributed by atoms with E-state index in [4.69, 9.17) is 0 Å². The van der Waals surface area contributed by atoms with Gasteiger partial charge in [-0.2, -0.15) is 39.5 Å². The maximum Gasteiger partial charge on any atom is 0.460 e. The van der Waals surface area contributed by atoms with Crippen LogP contribution in [0.25, 0.3) is 0 Å². The topological polar surface area (TPSA) is 17.1 Å². The molecule has 0 saturated heterocycles. The van der Waals surface area contributed by atoms with Gasteiger partial charge in [-0.3, -0.25) is 4.79 Å². The maximum absolute atomic E-state index is 13.4. The van der Waals surface area contributed by atoms with Gasteiger partial charge in [0.1, 0.15) is 0 Å². The third kappa shape index (κ3) is 3.65. The first-order valence-electron chi connectivity index (χ1n) is 6.16. The number of alkyl halides is 9. The molecule has 0 aliphatic heterocycles. The zero-order valence-electron chi connectivity index (χ0n) is 11.5. The highest BCUT2D eigenvalue weighted by molar-refractivity contribution is 7.97. The first kappa shape index (κ1) is 20.7. The van der Waals surface area contributed by atoms with Gasteiger partial charge in [0.15, 0.2) is 0 Å². The van der Waals surface area contributed by atoms with Crippen LogP contribution in [0.1, 0.15) is 22.3 Å². The highest BCUT2D eigenvalue weighted by Gasteiger charge is 2.81. The van der Waals surface area contributed by atoms with Crippen LogP contribution in [0.15, 0.2) is 24.3 Å². The molecule has 1 nitrogen and oxygen atoms in total. The fourth-order valence-electron chi connectivity index (χ4n) is 1.80. The van der Waals surface area contributed by atoms with Crippen molar-refractivity contribution in [2.75, 3.05) is 0 Å². The molecule has 0 bridgehead atoms. The van der Waals surface area contributed by atoms with Gasteiger partial charge in [0, 0.05) is 12.0 Å². The zero-order valence-corrected chi connectivity index (χ0v) is 12.4. The Labute approximate surface area is 135 Å². The predicted molar refractivity (Wildman–Crippen MR) is 69.0 cm³/mol. The van der Waals surface area contributed by atoms with Crippen molar-refractivity contribution < 1.29 is 44.3 Å². The van der Waals surface area contributed by atoms with Crippen LogP contribution in [0, 0.1) is 0 Å². The molecule has 24 heavy (non-hydrogen) atoms. The molecule has 0 heterocycles. The van der Waals surface area contributed by atoms with Crippen molar-refractivity contribution in [3.63, 3.8) is 0 Å². The molecule has 0 unspecified atom stereocenters. The zero-order chi connectivity index (χ0) is 19.0. The second-order valence-electron chi connectivity index (χ2n) is 4.81. The Hall–Kier alpha value is -1.39. The van der Waals surface area contributed by atoms with Crippen LogP contribution in [-0.4, -0.2) is 29.1 Å². The summed E-state index contributed by atoms with van der Waals surface area (Å²) in [5, 5.41) is -0.902. The summed E-state index contributed by atoms with van der Waals surface area (Å²) < 4.78 is 114. The quantitative estimate of drug-likeness (QED) is 0.530. The summed E-state index contributed by atoms with van der Waals surface area (Å²) in [5.74, 6) is -19.2. The molecule has 0 atom stereocenters. The van der Waals surface area contributed by atoms with Gasteiger partial charge in [0.2, 0.25) is 5.12 Å². The summed E-state index contributed by atoms with van der Waals surface area (Å²) >= 11 is 3.42. The van der Waals surface area contributed by atoms with Gasteiger partial charge in [-0.05, 0) is 12.0 Å². The van der Waals surface area contributed by atoms with Gasteiger partial charge in [-0.25, -0.2) is 0 Å². The second kappa shape index (κ2) is 6.49. The van der Waals surface area contributed by atoms with Crippen molar-refractivity contribution in [3.05, 3.63) is 35.4 Å². The molecule has 0 amide bonds. The number of halogens is 9. The predicted octanol–water partition coefficient (Wildman–Crippen LogP) is 5.16. The molecular formula is C13H9F9OS. The van der Waals surface area contributed by atoms with E-state index in [1.54, 1.807) is 0 Å². The molecule has 1 aromatic rings. The number of benzene rings is 1. The number of thiol groups is 1. The van der Waals surface area contributed by atoms with Crippen molar-refractivity contribution in [2.45, 2.75) is 36.8 Å². The lowest BCUT2D eigenvalue weighted by molar-refractivity contribution is -0.396. The first-order chi connectivity index (χ1) is 10.6. The lowest BCUT2D eigenvalue weighted by atomic mass is 9.95. The van der Waals surface area contributed by atoms with Crippen LogP contribution >= 0.6 is 12.6 Å². The van der Waals surface area contributed by atoms with Crippen LogP contribution in [0.5, 0.6) is 0 Å². The molecule has 1 rings (SSSR count). The minimum absolute atomic E-state index is 0.233. The van der Waals surface area contributed by atoms with Gasteiger partial charge < -0.3 is 0 Å². The number of aryl methyl sites for hydroxylation is 1. The summed E-state index contributed by atoms with van der Waals surface area (Å²) in [4.78, 5) is 11.1. The Kier molecular flexibility index (Phi) is 5.58. The van der Waals surface area contributed by atoms with Gasteiger partial charge in [-0.1, -0.05) is 24.3 Å². The van der Waals surface area contributed by atoms with E-state index in [1.807, 2.05) is 0 Å². The molecule has 136 valence electrons. The first-order valence-corrected chi connectivity index (χ1v) is 6.61. The normalized spacial score (nSPS) is 13.9. The number of carbonyl (C=O) groups excluding carboxylic acids is 1. The summed E-state index contributed by atoms with van der Waals surface area (Å²) in [5.41, 5.74) is -0.481. The van der Waals surface area contributed by atoms with Crippen molar-refractivity contribution in [1.82, 2.24) is 0 Å². The van der Waals surface area contributed by atoms with Gasteiger partial charge >= 0.3 is 23.9 Å². The lowest BCUT2D eigenvalue weighted by Crippen LogP contribution is -2.60. The lowest BCUT2D eigenvalue weighted by Gasteiger charge is -2.33. The third-order valence-electron chi connectivity index (χ3n) is 3.17. The Balaban J connectivity index is 3.08. The monoisotopic (exact) mass is 384 g/mol. The SMILES string of the molecule is O=C(S)c1ccccc1CCC(F)(F)C(F)(F)C(F)(F)C(F)(F)F. The Morgan fingerprint density at radius 2 is 1.38 bits per heavy atom. The smallest absolute Gasteiger partial charge is 0.282 e. The third-order valence-corrected chi connectivity index (χ3v) is 3.41. The van der Waals surface area contributed by atoms with Crippen molar-refractivity contribution in [2.24, 2.45) is 0 Å². The maximum atomic E-state index is 13.4. The summed E-state index contributed by atoms with van der Waals surface area (Å²) in [6.45, 7) is 0. The van der Waals surface area contributed by atoms with Gasteiger partial charge in [0.25, 0.3) is 0 Å².